The summed E-state index contributed by atoms with van der Waals surface area (Å²) < 4.78 is 0. The lowest BCUT2D eigenvalue weighted by atomic mass is 9.65. The minimum atomic E-state index is -0.231. The molecule has 1 fully saturated rings. The zero-order valence-corrected chi connectivity index (χ0v) is 11.6. The van der Waals surface area contributed by atoms with Crippen LogP contribution in [-0.2, 0) is 0 Å². The molecule has 3 aliphatic carbocycles. The van der Waals surface area contributed by atoms with Gasteiger partial charge in [0.1, 0.15) is 0 Å². The first kappa shape index (κ1) is 12.1. The molecule has 102 valence electrons. The second-order valence-corrected chi connectivity index (χ2v) is 6.63. The minimum absolute atomic E-state index is 0.110. The summed E-state index contributed by atoms with van der Waals surface area (Å²) in [6.07, 6.45) is 6.47. The molecule has 1 aromatic carbocycles. The minimum Gasteiger partial charge on any atom is -0.393 e. The smallest absolute Gasteiger partial charge is 0.186 e. The van der Waals surface area contributed by atoms with Crippen LogP contribution in [0.3, 0.4) is 0 Å². The van der Waals surface area contributed by atoms with Gasteiger partial charge in [0.2, 0.25) is 0 Å². The maximum absolute atomic E-state index is 12.3. The summed E-state index contributed by atoms with van der Waals surface area (Å²) in [6.45, 7) is 2.24. The molecule has 0 unspecified atom stereocenters. The van der Waals surface area contributed by atoms with Crippen LogP contribution in [0.5, 0.6) is 0 Å². The molecule has 0 aliphatic heterocycles. The lowest BCUT2D eigenvalue weighted by Gasteiger charge is -2.39. The van der Waals surface area contributed by atoms with Crippen molar-refractivity contribution in [2.24, 2.45) is 11.3 Å². The molecule has 0 saturated heterocycles. The Kier molecular flexibility index (Phi) is 2.37. The number of carbonyl (C=O) groups is 1. The summed E-state index contributed by atoms with van der Waals surface area (Å²) in [5.74, 6) is 0.424. The molecule has 1 N–H and O–H groups in total. The Bertz CT molecular complexity index is 668. The molecule has 4 rings (SSSR count). The highest BCUT2D eigenvalue weighted by Crippen LogP contribution is 2.56. The van der Waals surface area contributed by atoms with Gasteiger partial charge in [0.05, 0.1) is 6.10 Å². The first-order valence-corrected chi connectivity index (χ1v) is 7.32. The summed E-state index contributed by atoms with van der Waals surface area (Å²) >= 11 is 0. The van der Waals surface area contributed by atoms with E-state index in [0.29, 0.717) is 5.92 Å². The molecule has 20 heavy (non-hydrogen) atoms. The number of hydrogen-bond donors (Lipinski definition) is 1. The van der Waals surface area contributed by atoms with Gasteiger partial charge in [-0.3, -0.25) is 4.79 Å². The number of fused-ring (bicyclic) bond motifs is 5. The van der Waals surface area contributed by atoms with Gasteiger partial charge in [-0.25, -0.2) is 0 Å². The van der Waals surface area contributed by atoms with Crippen molar-refractivity contribution in [1.82, 2.24) is 0 Å². The number of aliphatic hydroxyl groups is 1. The van der Waals surface area contributed by atoms with E-state index < -0.39 is 0 Å². The molecule has 1 saturated carbocycles. The maximum Gasteiger partial charge on any atom is 0.186 e. The van der Waals surface area contributed by atoms with Crippen LogP contribution in [0.15, 0.2) is 42.0 Å². The van der Waals surface area contributed by atoms with Gasteiger partial charge in [0.15, 0.2) is 5.78 Å². The van der Waals surface area contributed by atoms with Gasteiger partial charge in [-0.1, -0.05) is 37.3 Å². The summed E-state index contributed by atoms with van der Waals surface area (Å²) in [6, 6.07) is 7.86. The van der Waals surface area contributed by atoms with Crippen molar-refractivity contribution >= 4 is 11.4 Å². The summed E-state index contributed by atoms with van der Waals surface area (Å²) in [7, 11) is 0. The Morgan fingerprint density at radius 2 is 2.00 bits per heavy atom. The number of benzene rings is 1. The zero-order valence-electron chi connectivity index (χ0n) is 11.6. The van der Waals surface area contributed by atoms with Crippen molar-refractivity contribution in [2.75, 3.05) is 0 Å². The quantitative estimate of drug-likeness (QED) is 0.781. The molecule has 2 nitrogen and oxygen atoms in total. The number of allylic oxidation sites excluding steroid dienone is 4. The van der Waals surface area contributed by atoms with Crippen LogP contribution >= 0.6 is 0 Å². The highest BCUT2D eigenvalue weighted by Gasteiger charge is 2.48. The van der Waals surface area contributed by atoms with Crippen LogP contribution in [0.2, 0.25) is 0 Å². The number of rotatable bonds is 0. The van der Waals surface area contributed by atoms with Gasteiger partial charge in [-0.05, 0) is 53.4 Å². The fraction of sp³-hybridized carbons (Fsp3) is 0.389. The van der Waals surface area contributed by atoms with E-state index in [4.69, 9.17) is 0 Å². The molecule has 0 aromatic heterocycles. The van der Waals surface area contributed by atoms with E-state index in [2.05, 4.69) is 13.0 Å². The van der Waals surface area contributed by atoms with Crippen LogP contribution in [0, 0.1) is 11.3 Å². The highest BCUT2D eigenvalue weighted by atomic mass is 16.3. The number of ketones is 1. The van der Waals surface area contributed by atoms with Crippen LogP contribution in [0.4, 0.5) is 0 Å². The Morgan fingerprint density at radius 3 is 2.80 bits per heavy atom. The van der Waals surface area contributed by atoms with E-state index in [0.717, 1.165) is 36.0 Å². The summed E-state index contributed by atoms with van der Waals surface area (Å²) in [5, 5.41) is 10.0. The molecular formula is C18H18O2. The molecule has 1 aromatic rings. The van der Waals surface area contributed by atoms with Crippen molar-refractivity contribution in [3.8, 4) is 0 Å². The van der Waals surface area contributed by atoms with Crippen molar-refractivity contribution in [3.05, 3.63) is 53.1 Å². The third-order valence-electron chi connectivity index (χ3n) is 5.28. The summed E-state index contributed by atoms with van der Waals surface area (Å²) in [4.78, 5) is 12.3. The monoisotopic (exact) mass is 266 g/mol. The average Bonchev–Trinajstić information content (AvgIpc) is 2.74. The van der Waals surface area contributed by atoms with E-state index in [9.17, 15) is 9.90 Å². The van der Waals surface area contributed by atoms with E-state index in [1.165, 1.54) is 5.57 Å². The Balaban J connectivity index is 1.89. The van der Waals surface area contributed by atoms with Crippen molar-refractivity contribution < 1.29 is 9.90 Å². The normalized spacial score (nSPS) is 34.8. The average molecular weight is 266 g/mol. The van der Waals surface area contributed by atoms with E-state index >= 15 is 0 Å². The number of carbonyl (C=O) groups excluding carboxylic acids is 1. The molecule has 3 atom stereocenters. The van der Waals surface area contributed by atoms with Gasteiger partial charge in [-0.2, -0.15) is 0 Å². The van der Waals surface area contributed by atoms with E-state index in [1.54, 1.807) is 0 Å². The van der Waals surface area contributed by atoms with Crippen LogP contribution in [0.25, 0.3) is 5.57 Å². The molecule has 2 heteroatoms. The van der Waals surface area contributed by atoms with Crippen LogP contribution in [-0.4, -0.2) is 17.0 Å². The van der Waals surface area contributed by atoms with Gasteiger partial charge in [0, 0.05) is 5.56 Å². The maximum atomic E-state index is 12.3. The van der Waals surface area contributed by atoms with Gasteiger partial charge < -0.3 is 5.11 Å². The summed E-state index contributed by atoms with van der Waals surface area (Å²) in [5.41, 5.74) is 4.36. The van der Waals surface area contributed by atoms with Crippen molar-refractivity contribution in [1.29, 1.82) is 0 Å². The van der Waals surface area contributed by atoms with Crippen molar-refractivity contribution in [3.63, 3.8) is 0 Å². The molecule has 3 aliphatic rings. The number of hydrogen-bond acceptors (Lipinski definition) is 2. The van der Waals surface area contributed by atoms with Crippen molar-refractivity contribution in [2.45, 2.75) is 32.3 Å². The third kappa shape index (κ3) is 1.52. The molecule has 0 radical (unpaired) electrons. The fourth-order valence-corrected chi connectivity index (χ4v) is 4.28. The first-order valence-electron chi connectivity index (χ1n) is 7.32. The first-order chi connectivity index (χ1) is 9.58. The Hall–Kier alpha value is -1.67. The second kappa shape index (κ2) is 3.92. The lowest BCUT2D eigenvalue weighted by molar-refractivity contribution is 0.104. The van der Waals surface area contributed by atoms with Gasteiger partial charge in [-0.15, -0.1) is 0 Å². The van der Waals surface area contributed by atoms with Gasteiger partial charge >= 0.3 is 0 Å². The Morgan fingerprint density at radius 1 is 1.25 bits per heavy atom. The molecule has 0 heterocycles. The Labute approximate surface area is 118 Å². The topological polar surface area (TPSA) is 37.3 Å². The SMILES string of the molecule is C[C@@]12CC=C3C(=CC(=O)c4ccccc43)[C@H]1C[C@H](O)C2. The van der Waals surface area contributed by atoms with E-state index in [-0.39, 0.29) is 17.3 Å². The van der Waals surface area contributed by atoms with Crippen LogP contribution < -0.4 is 0 Å². The number of aliphatic hydroxyl groups excluding tert-OH is 1. The molecule has 0 spiro atoms. The third-order valence-corrected chi connectivity index (χ3v) is 5.28. The standard InChI is InChI=1S/C18H18O2/c1-18-7-6-13-12-4-2-3-5-14(12)17(20)9-15(13)16(18)8-11(19)10-18/h2-6,9,11,16,19H,7-8,10H2,1H3/t11-,16+,18-/m0/s1. The zero-order chi connectivity index (χ0) is 13.9. The van der Waals surface area contributed by atoms with Gasteiger partial charge in [0.25, 0.3) is 0 Å². The molecule has 0 bridgehead atoms. The molecule has 0 amide bonds. The second-order valence-electron chi connectivity index (χ2n) is 6.63. The predicted molar refractivity (Wildman–Crippen MR) is 78.3 cm³/mol. The lowest BCUT2D eigenvalue weighted by Crippen LogP contribution is -2.29. The van der Waals surface area contributed by atoms with Crippen LogP contribution in [0.1, 0.15) is 42.1 Å². The molecular weight excluding hydrogens is 248 g/mol. The predicted octanol–water partition coefficient (Wildman–Crippen LogP) is 3.37. The highest BCUT2D eigenvalue weighted by molar-refractivity contribution is 6.14. The largest absolute Gasteiger partial charge is 0.393 e. The van der Waals surface area contributed by atoms with E-state index in [1.807, 2.05) is 30.3 Å². The fourth-order valence-electron chi connectivity index (χ4n) is 4.28.